The Morgan fingerprint density at radius 3 is 2.67 bits per heavy atom. The normalized spacial score (nSPS) is 14.1. The molecule has 0 saturated carbocycles. The first kappa shape index (κ1) is 14.6. The molecule has 0 saturated heterocycles. The molecule has 0 amide bonds. The molecule has 0 aliphatic heterocycles. The third kappa shape index (κ3) is 3.77. The van der Waals surface area contributed by atoms with Crippen molar-refractivity contribution in [3.8, 4) is 0 Å². The highest BCUT2D eigenvalue weighted by molar-refractivity contribution is 5.75. The average Bonchev–Trinajstić information content (AvgIpc) is 2.32. The Bertz CT molecular complexity index is 423. The zero-order valence-corrected chi connectivity index (χ0v) is 10.7. The van der Waals surface area contributed by atoms with Gasteiger partial charge >= 0.3 is 5.97 Å². The summed E-state index contributed by atoms with van der Waals surface area (Å²) in [6.45, 7) is 5.27. The molecular formula is C13H17F2NO2. The third-order valence-corrected chi connectivity index (χ3v) is 2.56. The summed E-state index contributed by atoms with van der Waals surface area (Å²) >= 11 is 0. The highest BCUT2D eigenvalue weighted by Crippen LogP contribution is 2.18. The van der Waals surface area contributed by atoms with E-state index in [0.29, 0.717) is 0 Å². The lowest BCUT2D eigenvalue weighted by atomic mass is 10.1. The van der Waals surface area contributed by atoms with Crippen LogP contribution in [0.5, 0.6) is 0 Å². The van der Waals surface area contributed by atoms with Crippen LogP contribution in [0, 0.1) is 11.6 Å². The number of rotatable bonds is 5. The predicted molar refractivity (Wildman–Crippen MR) is 64.0 cm³/mol. The topological polar surface area (TPSA) is 38.3 Å². The summed E-state index contributed by atoms with van der Waals surface area (Å²) in [4.78, 5) is 11.4. The molecule has 1 aromatic carbocycles. The van der Waals surface area contributed by atoms with Gasteiger partial charge in [-0.25, -0.2) is 8.78 Å². The van der Waals surface area contributed by atoms with Crippen LogP contribution in [0.2, 0.25) is 0 Å². The number of nitrogens with one attached hydrogen (secondary N) is 1. The van der Waals surface area contributed by atoms with Gasteiger partial charge in [-0.2, -0.15) is 0 Å². The standard InChI is InChI=1S/C13H17F2NO2/c1-4-18-13(17)9(3)16-8(2)11-7-10(14)5-6-12(11)15/h5-9,16H,4H2,1-3H3. The number of carbonyl (C=O) groups is 1. The molecule has 5 heteroatoms. The molecule has 0 spiro atoms. The van der Waals surface area contributed by atoms with Gasteiger partial charge in [0.15, 0.2) is 0 Å². The van der Waals surface area contributed by atoms with E-state index >= 15 is 0 Å². The summed E-state index contributed by atoms with van der Waals surface area (Å²) in [5.41, 5.74) is 0.186. The Morgan fingerprint density at radius 1 is 1.39 bits per heavy atom. The summed E-state index contributed by atoms with van der Waals surface area (Å²) in [5.74, 6) is -1.43. The molecule has 3 nitrogen and oxygen atoms in total. The van der Waals surface area contributed by atoms with Crippen molar-refractivity contribution >= 4 is 5.97 Å². The van der Waals surface area contributed by atoms with E-state index in [2.05, 4.69) is 5.32 Å². The van der Waals surface area contributed by atoms with E-state index in [9.17, 15) is 13.6 Å². The van der Waals surface area contributed by atoms with Crippen LogP contribution in [0.3, 0.4) is 0 Å². The van der Waals surface area contributed by atoms with Gasteiger partial charge < -0.3 is 4.74 Å². The SMILES string of the molecule is CCOC(=O)C(C)NC(C)c1cc(F)ccc1F. The summed E-state index contributed by atoms with van der Waals surface area (Å²) < 4.78 is 31.4. The van der Waals surface area contributed by atoms with Crippen molar-refractivity contribution in [1.29, 1.82) is 0 Å². The van der Waals surface area contributed by atoms with Crippen LogP contribution in [-0.2, 0) is 9.53 Å². The summed E-state index contributed by atoms with van der Waals surface area (Å²) in [6, 6.07) is 2.17. The largest absolute Gasteiger partial charge is 0.465 e. The first-order valence-electron chi connectivity index (χ1n) is 5.83. The van der Waals surface area contributed by atoms with Gasteiger partial charge in [-0.15, -0.1) is 0 Å². The maximum atomic E-state index is 13.5. The fraction of sp³-hybridized carbons (Fsp3) is 0.462. The second-order valence-electron chi connectivity index (χ2n) is 4.03. The second-order valence-corrected chi connectivity index (χ2v) is 4.03. The van der Waals surface area contributed by atoms with Crippen molar-refractivity contribution in [1.82, 2.24) is 5.32 Å². The van der Waals surface area contributed by atoms with Crippen molar-refractivity contribution in [3.63, 3.8) is 0 Å². The zero-order chi connectivity index (χ0) is 13.7. The van der Waals surface area contributed by atoms with E-state index in [1.807, 2.05) is 0 Å². The molecule has 0 aliphatic carbocycles. The van der Waals surface area contributed by atoms with Gasteiger partial charge in [0, 0.05) is 11.6 Å². The number of halogens is 2. The molecule has 2 atom stereocenters. The Kier molecular flexibility index (Phi) is 5.22. The minimum absolute atomic E-state index is 0.186. The van der Waals surface area contributed by atoms with Gasteiger partial charge in [-0.05, 0) is 39.0 Å². The number of hydrogen-bond donors (Lipinski definition) is 1. The van der Waals surface area contributed by atoms with E-state index in [1.54, 1.807) is 20.8 Å². The van der Waals surface area contributed by atoms with Gasteiger partial charge in [-0.3, -0.25) is 10.1 Å². The van der Waals surface area contributed by atoms with Crippen LogP contribution in [0.1, 0.15) is 32.4 Å². The van der Waals surface area contributed by atoms with Gasteiger partial charge in [0.05, 0.1) is 6.61 Å². The Balaban J connectivity index is 2.73. The summed E-state index contributed by atoms with van der Waals surface area (Å²) in [5, 5.41) is 2.87. The smallest absolute Gasteiger partial charge is 0.322 e. The molecule has 0 bridgehead atoms. The minimum Gasteiger partial charge on any atom is -0.465 e. The average molecular weight is 257 g/mol. The van der Waals surface area contributed by atoms with E-state index in [-0.39, 0.29) is 12.2 Å². The minimum atomic E-state index is -0.581. The molecule has 2 unspecified atom stereocenters. The Labute approximate surface area is 105 Å². The maximum Gasteiger partial charge on any atom is 0.322 e. The lowest BCUT2D eigenvalue weighted by Gasteiger charge is -2.19. The zero-order valence-electron chi connectivity index (χ0n) is 10.7. The Hall–Kier alpha value is -1.49. The van der Waals surface area contributed by atoms with Crippen molar-refractivity contribution in [2.75, 3.05) is 6.61 Å². The van der Waals surface area contributed by atoms with Gasteiger partial charge in [-0.1, -0.05) is 0 Å². The van der Waals surface area contributed by atoms with Gasteiger partial charge in [0.2, 0.25) is 0 Å². The number of carbonyl (C=O) groups excluding carboxylic acids is 1. The van der Waals surface area contributed by atoms with E-state index in [1.165, 1.54) is 0 Å². The molecule has 18 heavy (non-hydrogen) atoms. The predicted octanol–water partition coefficient (Wildman–Crippen LogP) is 2.57. The molecule has 100 valence electrons. The van der Waals surface area contributed by atoms with Crippen molar-refractivity contribution in [2.24, 2.45) is 0 Å². The highest BCUT2D eigenvalue weighted by atomic mass is 19.1. The number of hydrogen-bond acceptors (Lipinski definition) is 3. The summed E-state index contributed by atoms with van der Waals surface area (Å²) in [7, 11) is 0. The van der Waals surface area contributed by atoms with Gasteiger partial charge in [0.1, 0.15) is 17.7 Å². The van der Waals surface area contributed by atoms with Crippen molar-refractivity contribution in [2.45, 2.75) is 32.9 Å². The fourth-order valence-electron chi connectivity index (χ4n) is 1.65. The molecule has 1 rings (SSSR count). The molecule has 0 aromatic heterocycles. The molecule has 1 aromatic rings. The monoisotopic (exact) mass is 257 g/mol. The molecule has 0 aliphatic rings. The first-order chi connectivity index (χ1) is 8.45. The van der Waals surface area contributed by atoms with E-state index in [4.69, 9.17) is 4.74 Å². The van der Waals surface area contributed by atoms with Gasteiger partial charge in [0.25, 0.3) is 0 Å². The summed E-state index contributed by atoms with van der Waals surface area (Å²) in [6.07, 6.45) is 0. The highest BCUT2D eigenvalue weighted by Gasteiger charge is 2.19. The third-order valence-electron chi connectivity index (χ3n) is 2.56. The van der Waals surface area contributed by atoms with Crippen molar-refractivity contribution < 1.29 is 18.3 Å². The molecule has 0 heterocycles. The van der Waals surface area contributed by atoms with Crippen LogP contribution >= 0.6 is 0 Å². The van der Waals surface area contributed by atoms with Crippen LogP contribution < -0.4 is 5.32 Å². The van der Waals surface area contributed by atoms with Crippen LogP contribution in [-0.4, -0.2) is 18.6 Å². The first-order valence-corrected chi connectivity index (χ1v) is 5.83. The van der Waals surface area contributed by atoms with Crippen LogP contribution in [0.25, 0.3) is 0 Å². The van der Waals surface area contributed by atoms with Crippen LogP contribution in [0.4, 0.5) is 8.78 Å². The molecule has 1 N–H and O–H groups in total. The van der Waals surface area contributed by atoms with E-state index < -0.39 is 29.7 Å². The molecular weight excluding hydrogens is 240 g/mol. The number of esters is 1. The Morgan fingerprint density at radius 2 is 2.06 bits per heavy atom. The molecule has 0 fully saturated rings. The fourth-order valence-corrected chi connectivity index (χ4v) is 1.65. The lowest BCUT2D eigenvalue weighted by Crippen LogP contribution is -2.37. The number of benzene rings is 1. The van der Waals surface area contributed by atoms with Crippen LogP contribution in [0.15, 0.2) is 18.2 Å². The quantitative estimate of drug-likeness (QED) is 0.824. The maximum absolute atomic E-state index is 13.5. The lowest BCUT2D eigenvalue weighted by molar-refractivity contribution is -0.145. The second kappa shape index (κ2) is 6.44. The molecule has 0 radical (unpaired) electrons. The van der Waals surface area contributed by atoms with E-state index in [0.717, 1.165) is 18.2 Å². The number of ether oxygens (including phenoxy) is 1. The van der Waals surface area contributed by atoms with Crippen molar-refractivity contribution in [3.05, 3.63) is 35.4 Å².